The SMILES string of the molecule is CC1C(=O)NC(C)(C)C(=O)N1c1cccc2ccncc12. The van der Waals surface area contributed by atoms with Crippen LogP contribution in [-0.2, 0) is 9.59 Å². The van der Waals surface area contributed by atoms with Gasteiger partial charge < -0.3 is 5.32 Å². The summed E-state index contributed by atoms with van der Waals surface area (Å²) in [5.41, 5.74) is -0.186. The topological polar surface area (TPSA) is 62.3 Å². The summed E-state index contributed by atoms with van der Waals surface area (Å²) in [6.45, 7) is 5.17. The third-order valence-electron chi connectivity index (χ3n) is 3.88. The van der Waals surface area contributed by atoms with Crippen LogP contribution in [0, 0.1) is 0 Å². The lowest BCUT2D eigenvalue weighted by molar-refractivity contribution is -0.136. The summed E-state index contributed by atoms with van der Waals surface area (Å²) in [5.74, 6) is -0.272. The highest BCUT2D eigenvalue weighted by Crippen LogP contribution is 2.31. The number of carbonyl (C=O) groups is 2. The lowest BCUT2D eigenvalue weighted by Crippen LogP contribution is -2.67. The number of rotatable bonds is 1. The molecule has 1 aliphatic rings. The van der Waals surface area contributed by atoms with Crippen molar-refractivity contribution < 1.29 is 9.59 Å². The Morgan fingerprint density at radius 1 is 1.24 bits per heavy atom. The van der Waals surface area contributed by atoms with Crippen molar-refractivity contribution in [1.82, 2.24) is 10.3 Å². The fraction of sp³-hybridized carbons (Fsp3) is 0.312. The number of anilines is 1. The molecular weight excluding hydrogens is 266 g/mol. The number of fused-ring (bicyclic) bond motifs is 1. The van der Waals surface area contributed by atoms with Gasteiger partial charge >= 0.3 is 0 Å². The van der Waals surface area contributed by atoms with Crippen molar-refractivity contribution in [2.24, 2.45) is 0 Å². The lowest BCUT2D eigenvalue weighted by atomic mass is 9.96. The maximum Gasteiger partial charge on any atom is 0.252 e. The zero-order valence-electron chi connectivity index (χ0n) is 12.3. The van der Waals surface area contributed by atoms with Crippen LogP contribution < -0.4 is 10.2 Å². The molecule has 1 atom stereocenters. The van der Waals surface area contributed by atoms with Gasteiger partial charge in [0.05, 0.1) is 5.69 Å². The number of nitrogens with one attached hydrogen (secondary N) is 1. The van der Waals surface area contributed by atoms with E-state index < -0.39 is 11.6 Å². The molecule has 1 N–H and O–H groups in total. The van der Waals surface area contributed by atoms with E-state index in [0.29, 0.717) is 0 Å². The molecule has 1 fully saturated rings. The second-order valence-electron chi connectivity index (χ2n) is 5.84. The number of hydrogen-bond donors (Lipinski definition) is 1. The molecule has 5 nitrogen and oxygen atoms in total. The fourth-order valence-corrected chi connectivity index (χ4v) is 2.69. The van der Waals surface area contributed by atoms with Gasteiger partial charge in [-0.1, -0.05) is 12.1 Å². The second kappa shape index (κ2) is 4.55. The van der Waals surface area contributed by atoms with Crippen LogP contribution in [0.4, 0.5) is 5.69 Å². The maximum absolute atomic E-state index is 12.7. The number of amides is 2. The molecule has 21 heavy (non-hydrogen) atoms. The number of benzene rings is 1. The molecule has 2 heterocycles. The van der Waals surface area contributed by atoms with E-state index in [1.54, 1.807) is 38.1 Å². The van der Waals surface area contributed by atoms with Gasteiger partial charge in [0.15, 0.2) is 0 Å². The molecule has 1 saturated heterocycles. The number of carbonyl (C=O) groups excluding carboxylic acids is 2. The molecule has 1 aromatic heterocycles. The van der Waals surface area contributed by atoms with Crippen LogP contribution in [0.1, 0.15) is 20.8 Å². The first kappa shape index (κ1) is 13.5. The predicted molar refractivity (Wildman–Crippen MR) is 80.9 cm³/mol. The Bertz CT molecular complexity index is 734. The minimum atomic E-state index is -0.909. The van der Waals surface area contributed by atoms with Crippen molar-refractivity contribution in [1.29, 1.82) is 0 Å². The Labute approximate surface area is 123 Å². The Morgan fingerprint density at radius 2 is 2.00 bits per heavy atom. The van der Waals surface area contributed by atoms with Crippen molar-refractivity contribution >= 4 is 28.3 Å². The summed E-state index contributed by atoms with van der Waals surface area (Å²) < 4.78 is 0. The van der Waals surface area contributed by atoms with E-state index in [-0.39, 0.29) is 11.8 Å². The zero-order chi connectivity index (χ0) is 15.2. The van der Waals surface area contributed by atoms with Gasteiger partial charge in [0, 0.05) is 17.8 Å². The first-order valence-corrected chi connectivity index (χ1v) is 6.90. The summed E-state index contributed by atoms with van der Waals surface area (Å²) in [7, 11) is 0. The quantitative estimate of drug-likeness (QED) is 0.869. The third-order valence-corrected chi connectivity index (χ3v) is 3.88. The van der Waals surface area contributed by atoms with Crippen LogP contribution in [0.3, 0.4) is 0 Å². The van der Waals surface area contributed by atoms with Crippen molar-refractivity contribution in [3.63, 3.8) is 0 Å². The van der Waals surface area contributed by atoms with Crippen LogP contribution >= 0.6 is 0 Å². The first-order chi connectivity index (χ1) is 9.92. The van der Waals surface area contributed by atoms with Crippen molar-refractivity contribution in [3.05, 3.63) is 36.7 Å². The van der Waals surface area contributed by atoms with Gasteiger partial charge in [-0.05, 0) is 38.3 Å². The highest BCUT2D eigenvalue weighted by Gasteiger charge is 2.44. The Balaban J connectivity index is 2.20. The minimum Gasteiger partial charge on any atom is -0.340 e. The molecular formula is C16H17N3O2. The Hall–Kier alpha value is -2.43. The molecule has 108 valence electrons. The number of hydrogen-bond acceptors (Lipinski definition) is 3. The van der Waals surface area contributed by atoms with Crippen LogP contribution in [0.5, 0.6) is 0 Å². The van der Waals surface area contributed by atoms with Crippen molar-refractivity contribution in [3.8, 4) is 0 Å². The van der Waals surface area contributed by atoms with E-state index in [1.807, 2.05) is 24.3 Å². The monoisotopic (exact) mass is 283 g/mol. The molecule has 0 spiro atoms. The smallest absolute Gasteiger partial charge is 0.252 e. The summed E-state index contributed by atoms with van der Waals surface area (Å²) in [4.78, 5) is 30.6. The Morgan fingerprint density at radius 3 is 2.76 bits per heavy atom. The van der Waals surface area contributed by atoms with Gasteiger partial charge in [-0.25, -0.2) is 0 Å². The van der Waals surface area contributed by atoms with Crippen LogP contribution in [0.15, 0.2) is 36.7 Å². The zero-order valence-corrected chi connectivity index (χ0v) is 12.3. The van der Waals surface area contributed by atoms with Crippen LogP contribution in [-0.4, -0.2) is 28.4 Å². The van der Waals surface area contributed by atoms with Gasteiger partial charge in [0.25, 0.3) is 5.91 Å². The van der Waals surface area contributed by atoms with Gasteiger partial charge in [-0.3, -0.25) is 19.5 Å². The molecule has 1 unspecified atom stereocenters. The van der Waals surface area contributed by atoms with Crippen molar-refractivity contribution in [2.75, 3.05) is 4.90 Å². The summed E-state index contributed by atoms with van der Waals surface area (Å²) in [6, 6.07) is 7.05. The average Bonchev–Trinajstić information content (AvgIpc) is 2.45. The molecule has 1 aromatic carbocycles. The number of piperazine rings is 1. The number of aromatic nitrogens is 1. The van der Waals surface area contributed by atoms with E-state index in [0.717, 1.165) is 16.5 Å². The van der Waals surface area contributed by atoms with Gasteiger partial charge in [-0.15, -0.1) is 0 Å². The second-order valence-corrected chi connectivity index (χ2v) is 5.84. The fourth-order valence-electron chi connectivity index (χ4n) is 2.69. The average molecular weight is 283 g/mol. The minimum absolute atomic E-state index is 0.119. The van der Waals surface area contributed by atoms with E-state index in [4.69, 9.17) is 0 Å². The molecule has 2 amide bonds. The Kier molecular flexibility index (Phi) is 2.93. The van der Waals surface area contributed by atoms with E-state index in [1.165, 1.54) is 0 Å². The van der Waals surface area contributed by atoms with E-state index in [9.17, 15) is 9.59 Å². The van der Waals surface area contributed by atoms with Crippen molar-refractivity contribution in [2.45, 2.75) is 32.4 Å². The van der Waals surface area contributed by atoms with Gasteiger partial charge in [-0.2, -0.15) is 0 Å². The number of nitrogens with zero attached hydrogens (tertiary/aromatic N) is 2. The molecule has 0 radical (unpaired) electrons. The molecule has 0 aliphatic carbocycles. The van der Waals surface area contributed by atoms with Crippen LogP contribution in [0.25, 0.3) is 10.8 Å². The molecule has 2 aromatic rings. The number of pyridine rings is 1. The third kappa shape index (κ3) is 2.05. The standard InChI is InChI=1S/C16H17N3O2/c1-10-14(20)18-16(2,3)15(21)19(10)13-6-4-5-11-7-8-17-9-12(11)13/h4-10H,1-3H3,(H,18,20). The molecule has 0 saturated carbocycles. The highest BCUT2D eigenvalue weighted by atomic mass is 16.2. The predicted octanol–water partition coefficient (Wildman–Crippen LogP) is 1.86. The molecule has 3 rings (SSSR count). The largest absolute Gasteiger partial charge is 0.340 e. The molecule has 0 bridgehead atoms. The van der Waals surface area contributed by atoms with Crippen LogP contribution in [0.2, 0.25) is 0 Å². The summed E-state index contributed by atoms with van der Waals surface area (Å²) in [6.07, 6.45) is 3.44. The molecule has 1 aliphatic heterocycles. The summed E-state index contributed by atoms with van der Waals surface area (Å²) >= 11 is 0. The normalized spacial score (nSPS) is 21.5. The molecule has 5 heteroatoms. The lowest BCUT2D eigenvalue weighted by Gasteiger charge is -2.41. The van der Waals surface area contributed by atoms with Gasteiger partial charge in [0.2, 0.25) is 5.91 Å². The maximum atomic E-state index is 12.7. The van der Waals surface area contributed by atoms with E-state index in [2.05, 4.69) is 10.3 Å². The highest BCUT2D eigenvalue weighted by molar-refractivity contribution is 6.13. The summed E-state index contributed by atoms with van der Waals surface area (Å²) in [5, 5.41) is 4.62. The van der Waals surface area contributed by atoms with E-state index >= 15 is 0 Å². The first-order valence-electron chi connectivity index (χ1n) is 6.90. The van der Waals surface area contributed by atoms with Gasteiger partial charge in [0.1, 0.15) is 11.6 Å².